The molecular formula is C26H33F2N7O2. The molecule has 0 unspecified atom stereocenters. The highest BCUT2D eigenvalue weighted by atomic mass is 19.3. The Labute approximate surface area is 214 Å². The predicted octanol–water partition coefficient (Wildman–Crippen LogP) is 2.98. The minimum Gasteiger partial charge on any atom is -0.372 e. The quantitative estimate of drug-likeness (QED) is 0.262. The number of nitrogens with zero attached hydrogens (tertiary/aromatic N) is 4. The number of carbonyl (C=O) groups is 2. The molecule has 2 fully saturated rings. The molecule has 1 saturated heterocycles. The lowest BCUT2D eigenvalue weighted by Gasteiger charge is -2.28. The minimum atomic E-state index is -2.38. The summed E-state index contributed by atoms with van der Waals surface area (Å²) in [5.74, 6) is 3.81. The second-order valence-corrected chi connectivity index (χ2v) is 9.11. The van der Waals surface area contributed by atoms with Crippen LogP contribution in [0.5, 0.6) is 0 Å². The number of halogens is 2. The van der Waals surface area contributed by atoms with Crippen molar-refractivity contribution in [3.05, 3.63) is 65.9 Å². The number of hydrogen-bond acceptors (Lipinski definition) is 7. The number of nitrogens with one attached hydrogen (secondary N) is 1. The van der Waals surface area contributed by atoms with Crippen molar-refractivity contribution >= 4 is 23.7 Å². The van der Waals surface area contributed by atoms with Crippen molar-refractivity contribution in [1.82, 2.24) is 24.9 Å². The van der Waals surface area contributed by atoms with Crippen LogP contribution in [0.3, 0.4) is 0 Å². The van der Waals surface area contributed by atoms with Crippen LogP contribution in [-0.2, 0) is 11.2 Å². The number of aldehydes is 1. The average molecular weight is 514 g/mol. The first-order valence-electron chi connectivity index (χ1n) is 12.0. The van der Waals surface area contributed by atoms with E-state index in [0.717, 1.165) is 40.7 Å². The average Bonchev–Trinajstić information content (AvgIpc) is 3.65. The minimum absolute atomic E-state index is 0.0312. The number of hydrazine groups is 1. The second kappa shape index (κ2) is 13.0. The molecule has 1 amide bonds. The van der Waals surface area contributed by atoms with E-state index in [-0.39, 0.29) is 19.3 Å². The van der Waals surface area contributed by atoms with Crippen molar-refractivity contribution in [3.63, 3.8) is 0 Å². The normalized spacial score (nSPS) is 17.1. The maximum atomic E-state index is 12.4. The first kappa shape index (κ1) is 27.9. The highest BCUT2D eigenvalue weighted by molar-refractivity contribution is 5.85. The Morgan fingerprint density at radius 3 is 2.49 bits per heavy atom. The number of amides is 1. The monoisotopic (exact) mass is 513 g/mol. The number of hydrogen-bond donors (Lipinski definition) is 3. The Morgan fingerprint density at radius 1 is 1.19 bits per heavy atom. The molecule has 3 aromatic heterocycles. The van der Waals surface area contributed by atoms with E-state index in [1.807, 2.05) is 47.2 Å². The Morgan fingerprint density at radius 2 is 1.89 bits per heavy atom. The van der Waals surface area contributed by atoms with E-state index in [4.69, 9.17) is 10.6 Å². The molecule has 198 valence electrons. The summed E-state index contributed by atoms with van der Waals surface area (Å²) in [7, 11) is 1.87. The van der Waals surface area contributed by atoms with Crippen LogP contribution in [0.4, 0.5) is 8.78 Å². The van der Waals surface area contributed by atoms with Gasteiger partial charge in [-0.1, -0.05) is 6.08 Å². The van der Waals surface area contributed by atoms with Gasteiger partial charge >= 0.3 is 0 Å². The van der Waals surface area contributed by atoms with Crippen LogP contribution in [0.15, 0.2) is 54.8 Å². The van der Waals surface area contributed by atoms with E-state index in [0.29, 0.717) is 24.6 Å². The lowest BCUT2D eigenvalue weighted by atomic mass is 10.1. The zero-order valence-electron chi connectivity index (χ0n) is 20.8. The molecule has 1 aliphatic carbocycles. The Bertz CT molecular complexity index is 1210. The van der Waals surface area contributed by atoms with Crippen LogP contribution in [-0.4, -0.2) is 58.2 Å². The number of carbonyl (C=O) groups excluding carboxylic acids is 2. The van der Waals surface area contributed by atoms with Crippen LogP contribution in [0, 0.1) is 5.92 Å². The maximum absolute atomic E-state index is 12.4. The molecule has 3 aromatic rings. The lowest BCUT2D eigenvalue weighted by molar-refractivity contribution is -0.106. The number of allylic oxidation sites excluding steroid dienone is 2. The van der Waals surface area contributed by atoms with E-state index in [2.05, 4.69) is 33.3 Å². The largest absolute Gasteiger partial charge is 0.372 e. The van der Waals surface area contributed by atoms with E-state index < -0.39 is 5.92 Å². The topological polar surface area (TPSA) is 132 Å². The fourth-order valence-corrected chi connectivity index (χ4v) is 3.94. The standard InChI is InChI=1S/C19H19N5O.C6H11F2N.CH3NO/c20-23-18(15-2-3-15)4-1-13-8-17(11-21-9-13)24-6-5-16-7-14(12-25)10-22-19(16)24;1-9-4-2-6(7,8)3-5-9;2-1-3/h4-12,15,23H,1-3,20H2;2-5H2,1H3;1H,(H2,2,3)/b18-4-;;. The van der Waals surface area contributed by atoms with Crippen LogP contribution < -0.4 is 17.0 Å². The molecule has 0 bridgehead atoms. The van der Waals surface area contributed by atoms with E-state index >= 15 is 0 Å². The number of nitrogens with two attached hydrogens (primary N) is 2. The smallest absolute Gasteiger partial charge is 0.250 e. The Hall–Kier alpha value is -3.70. The molecule has 0 spiro atoms. The van der Waals surface area contributed by atoms with Gasteiger partial charge in [-0.3, -0.25) is 25.0 Å². The summed E-state index contributed by atoms with van der Waals surface area (Å²) in [6.45, 7) is 1.07. The predicted molar refractivity (Wildman–Crippen MR) is 138 cm³/mol. The summed E-state index contributed by atoms with van der Waals surface area (Å²) in [5.41, 5.74) is 11.5. The lowest BCUT2D eigenvalue weighted by Crippen LogP contribution is -2.36. The fourth-order valence-electron chi connectivity index (χ4n) is 3.94. The van der Waals surface area contributed by atoms with Gasteiger partial charge in [0.1, 0.15) is 5.65 Å². The number of piperidine rings is 1. The molecule has 11 heteroatoms. The third kappa shape index (κ3) is 8.16. The van der Waals surface area contributed by atoms with Gasteiger partial charge in [0.25, 0.3) is 5.92 Å². The van der Waals surface area contributed by atoms with Crippen LogP contribution >= 0.6 is 0 Å². The molecule has 9 nitrogen and oxygen atoms in total. The molecule has 4 heterocycles. The molecule has 0 aromatic carbocycles. The van der Waals surface area contributed by atoms with Crippen molar-refractivity contribution in [2.75, 3.05) is 20.1 Å². The van der Waals surface area contributed by atoms with Crippen LogP contribution in [0.25, 0.3) is 16.7 Å². The Balaban J connectivity index is 0.000000265. The first-order valence-corrected chi connectivity index (χ1v) is 12.0. The summed E-state index contributed by atoms with van der Waals surface area (Å²) in [6.07, 6.45) is 13.7. The summed E-state index contributed by atoms with van der Waals surface area (Å²) in [6, 6.07) is 5.88. The molecular weight excluding hydrogens is 480 g/mol. The second-order valence-electron chi connectivity index (χ2n) is 9.11. The van der Waals surface area contributed by atoms with Crippen molar-refractivity contribution in [3.8, 4) is 5.69 Å². The van der Waals surface area contributed by atoms with Gasteiger partial charge in [-0.15, -0.1) is 0 Å². The van der Waals surface area contributed by atoms with Gasteiger partial charge < -0.3 is 16.1 Å². The summed E-state index contributed by atoms with van der Waals surface area (Å²) < 4.78 is 26.7. The number of primary amides is 1. The molecule has 5 N–H and O–H groups in total. The van der Waals surface area contributed by atoms with Crippen molar-refractivity contribution in [2.45, 2.75) is 38.0 Å². The van der Waals surface area contributed by atoms with Crippen molar-refractivity contribution < 1.29 is 18.4 Å². The number of alkyl halides is 2. The van der Waals surface area contributed by atoms with Gasteiger partial charge in [0, 0.05) is 61.2 Å². The van der Waals surface area contributed by atoms with E-state index in [1.54, 1.807) is 6.20 Å². The highest BCUT2D eigenvalue weighted by Gasteiger charge is 2.32. The molecule has 1 saturated carbocycles. The molecule has 2 aliphatic rings. The number of aromatic nitrogens is 3. The SMILES string of the molecule is CN1CCC(F)(F)CC1.NC=O.NN/C(=C\Cc1cncc(-n2ccc3cc(C=O)cnc32)c1)C1CC1. The van der Waals surface area contributed by atoms with Gasteiger partial charge in [0.05, 0.1) is 11.9 Å². The van der Waals surface area contributed by atoms with Crippen LogP contribution in [0.1, 0.15) is 41.6 Å². The number of pyridine rings is 2. The highest BCUT2D eigenvalue weighted by Crippen LogP contribution is 2.34. The zero-order chi connectivity index (χ0) is 26.8. The van der Waals surface area contributed by atoms with Gasteiger partial charge in [-0.2, -0.15) is 0 Å². The molecule has 0 atom stereocenters. The van der Waals surface area contributed by atoms with Crippen molar-refractivity contribution in [1.29, 1.82) is 0 Å². The van der Waals surface area contributed by atoms with Crippen molar-refractivity contribution in [2.24, 2.45) is 17.5 Å². The summed E-state index contributed by atoms with van der Waals surface area (Å²) >= 11 is 0. The Kier molecular flexibility index (Phi) is 9.81. The van der Waals surface area contributed by atoms with E-state index in [1.165, 1.54) is 12.8 Å². The number of fused-ring (bicyclic) bond motifs is 1. The fraction of sp³-hybridized carbons (Fsp3) is 0.385. The maximum Gasteiger partial charge on any atom is 0.250 e. The first-order chi connectivity index (χ1) is 17.8. The summed E-state index contributed by atoms with van der Waals surface area (Å²) in [5, 5.41) is 0.929. The third-order valence-electron chi connectivity index (χ3n) is 6.20. The molecule has 0 radical (unpaired) electrons. The molecule has 5 rings (SSSR count). The summed E-state index contributed by atoms with van der Waals surface area (Å²) in [4.78, 5) is 30.2. The van der Waals surface area contributed by atoms with Gasteiger partial charge in [-0.25, -0.2) is 13.8 Å². The van der Waals surface area contributed by atoms with Gasteiger partial charge in [-0.05, 0) is 56.0 Å². The van der Waals surface area contributed by atoms with Gasteiger partial charge in [0.2, 0.25) is 6.41 Å². The molecule has 1 aliphatic heterocycles. The van der Waals surface area contributed by atoms with E-state index in [9.17, 15) is 13.6 Å². The number of rotatable bonds is 6. The van der Waals surface area contributed by atoms with Crippen LogP contribution in [0.2, 0.25) is 0 Å². The number of likely N-dealkylation sites (tertiary alicyclic amines) is 1. The molecule has 37 heavy (non-hydrogen) atoms. The third-order valence-corrected chi connectivity index (χ3v) is 6.20. The zero-order valence-corrected chi connectivity index (χ0v) is 20.8. The van der Waals surface area contributed by atoms with Gasteiger partial charge in [0.15, 0.2) is 6.29 Å².